The van der Waals surface area contributed by atoms with Crippen LogP contribution >= 0.6 is 0 Å². The third-order valence-electron chi connectivity index (χ3n) is 2.46. The van der Waals surface area contributed by atoms with Gasteiger partial charge >= 0.3 is 6.01 Å². The maximum Gasteiger partial charge on any atom is 0.302 e. The van der Waals surface area contributed by atoms with E-state index in [1.807, 2.05) is 35.0 Å². The van der Waals surface area contributed by atoms with Gasteiger partial charge in [-0.3, -0.25) is 4.57 Å². The third kappa shape index (κ3) is 2.41. The predicted octanol–water partition coefficient (Wildman–Crippen LogP) is 3.26. The molecule has 1 heterocycles. The molecule has 4 heteroatoms. The van der Waals surface area contributed by atoms with Gasteiger partial charge in [-0.1, -0.05) is 12.1 Å². The van der Waals surface area contributed by atoms with Crippen molar-refractivity contribution in [3.05, 3.63) is 36.7 Å². The van der Waals surface area contributed by atoms with Crippen LogP contribution in [0.4, 0.5) is 0 Å². The van der Waals surface area contributed by atoms with Crippen LogP contribution in [0, 0.1) is 0 Å². The minimum atomic E-state index is 0.308. The maximum absolute atomic E-state index is 5.76. The van der Waals surface area contributed by atoms with E-state index in [1.54, 1.807) is 13.3 Å². The van der Waals surface area contributed by atoms with E-state index in [-0.39, 0.29) is 0 Å². The summed E-state index contributed by atoms with van der Waals surface area (Å²) in [4.78, 5) is 4.19. The Kier molecular flexibility index (Phi) is 3.32. The van der Waals surface area contributed by atoms with Crippen LogP contribution in [0.1, 0.15) is 19.9 Å². The fourth-order valence-electron chi connectivity index (χ4n) is 1.57. The van der Waals surface area contributed by atoms with E-state index in [2.05, 4.69) is 18.8 Å². The first kappa shape index (κ1) is 11.5. The van der Waals surface area contributed by atoms with Crippen molar-refractivity contribution >= 4 is 0 Å². The molecule has 2 rings (SSSR count). The Morgan fingerprint density at radius 1 is 1.18 bits per heavy atom. The first-order chi connectivity index (χ1) is 8.22. The first-order valence-electron chi connectivity index (χ1n) is 5.56. The largest absolute Gasteiger partial charge is 0.493 e. The average molecular weight is 232 g/mol. The number of hydrogen-bond donors (Lipinski definition) is 0. The molecule has 0 atom stereocenters. The summed E-state index contributed by atoms with van der Waals surface area (Å²) in [6.45, 7) is 4.16. The summed E-state index contributed by atoms with van der Waals surface area (Å²) >= 11 is 0. The Morgan fingerprint density at radius 2 is 1.88 bits per heavy atom. The van der Waals surface area contributed by atoms with Crippen LogP contribution < -0.4 is 9.47 Å². The number of para-hydroxylation sites is 2. The lowest BCUT2D eigenvalue weighted by Gasteiger charge is -2.13. The van der Waals surface area contributed by atoms with Gasteiger partial charge in [0.25, 0.3) is 0 Å². The van der Waals surface area contributed by atoms with E-state index in [0.29, 0.717) is 23.6 Å². The highest BCUT2D eigenvalue weighted by Crippen LogP contribution is 2.30. The van der Waals surface area contributed by atoms with Crippen molar-refractivity contribution in [3.63, 3.8) is 0 Å². The molecule has 0 bridgehead atoms. The maximum atomic E-state index is 5.76. The normalized spacial score (nSPS) is 10.6. The average Bonchev–Trinajstić information content (AvgIpc) is 2.78. The molecule has 0 fully saturated rings. The van der Waals surface area contributed by atoms with Crippen molar-refractivity contribution in [2.45, 2.75) is 19.9 Å². The quantitative estimate of drug-likeness (QED) is 0.811. The Hall–Kier alpha value is -1.97. The van der Waals surface area contributed by atoms with Gasteiger partial charge in [0.05, 0.1) is 7.11 Å². The summed E-state index contributed by atoms with van der Waals surface area (Å²) in [5.41, 5.74) is 0. The molecular formula is C13H16N2O2. The second-order valence-corrected chi connectivity index (χ2v) is 3.96. The highest BCUT2D eigenvalue weighted by Gasteiger charge is 2.10. The molecular weight excluding hydrogens is 216 g/mol. The summed E-state index contributed by atoms with van der Waals surface area (Å²) < 4.78 is 13.0. The first-order valence-corrected chi connectivity index (χ1v) is 5.56. The number of hydrogen-bond acceptors (Lipinski definition) is 3. The zero-order valence-electron chi connectivity index (χ0n) is 10.3. The van der Waals surface area contributed by atoms with E-state index in [0.717, 1.165) is 0 Å². The topological polar surface area (TPSA) is 36.3 Å². The Morgan fingerprint density at radius 3 is 2.53 bits per heavy atom. The van der Waals surface area contributed by atoms with Crippen LogP contribution in [-0.4, -0.2) is 16.7 Å². The summed E-state index contributed by atoms with van der Waals surface area (Å²) in [7, 11) is 1.62. The van der Waals surface area contributed by atoms with Crippen LogP contribution in [0.25, 0.3) is 0 Å². The van der Waals surface area contributed by atoms with Crippen molar-refractivity contribution in [2.24, 2.45) is 0 Å². The predicted molar refractivity (Wildman–Crippen MR) is 65.7 cm³/mol. The second-order valence-electron chi connectivity index (χ2n) is 3.96. The van der Waals surface area contributed by atoms with Crippen molar-refractivity contribution < 1.29 is 9.47 Å². The van der Waals surface area contributed by atoms with Gasteiger partial charge in [-0.2, -0.15) is 0 Å². The zero-order chi connectivity index (χ0) is 12.3. The SMILES string of the molecule is COc1ccccc1Oc1nccn1C(C)C. The molecule has 17 heavy (non-hydrogen) atoms. The molecule has 0 spiro atoms. The lowest BCUT2D eigenvalue weighted by atomic mass is 10.3. The number of aromatic nitrogens is 2. The number of imidazole rings is 1. The zero-order valence-corrected chi connectivity index (χ0v) is 10.3. The molecule has 4 nitrogen and oxygen atoms in total. The van der Waals surface area contributed by atoms with Gasteiger partial charge in [0.1, 0.15) is 0 Å². The minimum absolute atomic E-state index is 0.308. The summed E-state index contributed by atoms with van der Waals surface area (Å²) in [5, 5.41) is 0. The van der Waals surface area contributed by atoms with Gasteiger partial charge in [-0.25, -0.2) is 4.98 Å². The molecule has 0 N–H and O–H groups in total. The standard InChI is InChI=1S/C13H16N2O2/c1-10(2)15-9-8-14-13(15)17-12-7-5-4-6-11(12)16-3/h4-10H,1-3H3. The smallest absolute Gasteiger partial charge is 0.302 e. The molecule has 0 radical (unpaired) electrons. The highest BCUT2D eigenvalue weighted by atomic mass is 16.5. The van der Waals surface area contributed by atoms with E-state index in [1.165, 1.54) is 0 Å². The van der Waals surface area contributed by atoms with Gasteiger partial charge in [0, 0.05) is 18.4 Å². The fraction of sp³-hybridized carbons (Fsp3) is 0.308. The fourth-order valence-corrected chi connectivity index (χ4v) is 1.57. The van der Waals surface area contributed by atoms with Crippen molar-refractivity contribution in [1.82, 2.24) is 9.55 Å². The molecule has 0 aliphatic carbocycles. The molecule has 0 aliphatic heterocycles. The Labute approximate surface area is 101 Å². The van der Waals surface area contributed by atoms with Crippen LogP contribution in [0.15, 0.2) is 36.7 Å². The Balaban J connectivity index is 2.28. The summed E-state index contributed by atoms with van der Waals surface area (Å²) in [6.07, 6.45) is 3.63. The molecule has 0 unspecified atom stereocenters. The summed E-state index contributed by atoms with van der Waals surface area (Å²) in [5.74, 6) is 1.37. The molecule has 1 aromatic heterocycles. The lowest BCUT2D eigenvalue weighted by Crippen LogP contribution is -2.02. The minimum Gasteiger partial charge on any atom is -0.493 e. The van der Waals surface area contributed by atoms with Gasteiger partial charge < -0.3 is 9.47 Å². The summed E-state index contributed by atoms with van der Waals surface area (Å²) in [6, 6.07) is 8.41. The van der Waals surface area contributed by atoms with Gasteiger partial charge in [0.2, 0.25) is 0 Å². The molecule has 0 saturated carbocycles. The monoisotopic (exact) mass is 232 g/mol. The van der Waals surface area contributed by atoms with Crippen molar-refractivity contribution in [3.8, 4) is 17.5 Å². The van der Waals surface area contributed by atoms with Crippen LogP contribution in [0.2, 0.25) is 0 Å². The number of rotatable bonds is 4. The van der Waals surface area contributed by atoms with E-state index in [4.69, 9.17) is 9.47 Å². The van der Waals surface area contributed by atoms with E-state index < -0.39 is 0 Å². The van der Waals surface area contributed by atoms with Crippen molar-refractivity contribution in [2.75, 3.05) is 7.11 Å². The molecule has 0 amide bonds. The third-order valence-corrected chi connectivity index (χ3v) is 2.46. The van der Waals surface area contributed by atoms with Crippen LogP contribution in [0.5, 0.6) is 17.5 Å². The number of ether oxygens (including phenoxy) is 2. The molecule has 2 aromatic rings. The highest BCUT2D eigenvalue weighted by molar-refractivity contribution is 5.40. The molecule has 1 aromatic carbocycles. The number of methoxy groups -OCH3 is 1. The molecule has 0 aliphatic rings. The molecule has 90 valence electrons. The van der Waals surface area contributed by atoms with Gasteiger partial charge in [0.15, 0.2) is 11.5 Å². The van der Waals surface area contributed by atoms with Gasteiger partial charge in [-0.15, -0.1) is 0 Å². The second kappa shape index (κ2) is 4.91. The van der Waals surface area contributed by atoms with Crippen molar-refractivity contribution in [1.29, 1.82) is 0 Å². The van der Waals surface area contributed by atoms with E-state index in [9.17, 15) is 0 Å². The number of benzene rings is 1. The Bertz CT molecular complexity index is 492. The lowest BCUT2D eigenvalue weighted by molar-refractivity contribution is 0.352. The van der Waals surface area contributed by atoms with Crippen LogP contribution in [0.3, 0.4) is 0 Å². The van der Waals surface area contributed by atoms with Crippen LogP contribution in [-0.2, 0) is 0 Å². The molecule has 0 saturated heterocycles. The van der Waals surface area contributed by atoms with E-state index >= 15 is 0 Å². The number of nitrogens with zero attached hydrogens (tertiary/aromatic N) is 2. The van der Waals surface area contributed by atoms with Gasteiger partial charge in [-0.05, 0) is 26.0 Å².